The summed E-state index contributed by atoms with van der Waals surface area (Å²) in [5.74, 6) is 1.05. The van der Waals surface area contributed by atoms with E-state index in [9.17, 15) is 4.39 Å². The highest BCUT2D eigenvalue weighted by Gasteiger charge is 2.17. The molecule has 0 aliphatic carbocycles. The predicted molar refractivity (Wildman–Crippen MR) is 89.6 cm³/mol. The van der Waals surface area contributed by atoms with Crippen LogP contribution in [0.25, 0.3) is 0 Å². The van der Waals surface area contributed by atoms with Gasteiger partial charge in [-0.25, -0.2) is 9.37 Å². The molecule has 6 heteroatoms. The average molecular weight is 319 g/mol. The molecule has 0 unspecified atom stereocenters. The van der Waals surface area contributed by atoms with Crippen molar-refractivity contribution in [2.45, 2.75) is 26.6 Å². The zero-order valence-corrected chi connectivity index (χ0v) is 13.4. The standard InChI is InChI=1S/C17H22FN3O2/c1-3-7-21-17-14(22-2)9-12(13(10-18)16(17)19)11-23-15-6-4-5-8-20-15/h4-6,8-9,21H,3,7,10-11,19H2,1-2H3. The number of hydrogen-bond donors (Lipinski definition) is 2. The van der Waals surface area contributed by atoms with Gasteiger partial charge in [0.05, 0.1) is 12.8 Å². The number of hydrogen-bond acceptors (Lipinski definition) is 5. The van der Waals surface area contributed by atoms with Crippen LogP contribution >= 0.6 is 0 Å². The molecule has 0 aliphatic rings. The smallest absolute Gasteiger partial charge is 0.213 e. The minimum atomic E-state index is -0.669. The highest BCUT2D eigenvalue weighted by molar-refractivity contribution is 5.78. The second kappa shape index (κ2) is 8.22. The normalized spacial score (nSPS) is 10.4. The second-order valence-corrected chi connectivity index (χ2v) is 5.02. The second-order valence-electron chi connectivity index (χ2n) is 5.02. The Hall–Kier alpha value is -2.50. The lowest BCUT2D eigenvalue weighted by atomic mass is 10.0. The summed E-state index contributed by atoms with van der Waals surface area (Å²) < 4.78 is 24.5. The fourth-order valence-corrected chi connectivity index (χ4v) is 2.24. The molecule has 0 aliphatic heterocycles. The van der Waals surface area contributed by atoms with Gasteiger partial charge in [-0.15, -0.1) is 0 Å². The number of anilines is 2. The molecule has 0 saturated heterocycles. The van der Waals surface area contributed by atoms with Crippen LogP contribution in [0, 0.1) is 0 Å². The summed E-state index contributed by atoms with van der Waals surface area (Å²) in [6.07, 6.45) is 2.57. The third kappa shape index (κ3) is 4.03. The summed E-state index contributed by atoms with van der Waals surface area (Å²) in [4.78, 5) is 4.08. The van der Waals surface area contributed by atoms with Crippen molar-refractivity contribution in [3.8, 4) is 11.6 Å². The molecule has 0 amide bonds. The number of nitrogens with zero attached hydrogens (tertiary/aromatic N) is 1. The van der Waals surface area contributed by atoms with E-state index in [1.807, 2.05) is 13.0 Å². The van der Waals surface area contributed by atoms with Crippen molar-refractivity contribution in [1.29, 1.82) is 0 Å². The first kappa shape index (κ1) is 16.9. The van der Waals surface area contributed by atoms with Gasteiger partial charge in [0.15, 0.2) is 0 Å². The van der Waals surface area contributed by atoms with Gasteiger partial charge in [0.1, 0.15) is 24.7 Å². The summed E-state index contributed by atoms with van der Waals surface area (Å²) in [7, 11) is 1.56. The number of halogens is 1. The first-order valence-corrected chi connectivity index (χ1v) is 7.53. The van der Waals surface area contributed by atoms with Crippen molar-refractivity contribution in [2.75, 3.05) is 24.7 Å². The first-order chi connectivity index (χ1) is 11.2. The van der Waals surface area contributed by atoms with Crippen molar-refractivity contribution >= 4 is 11.4 Å². The van der Waals surface area contributed by atoms with Gasteiger partial charge in [-0.3, -0.25) is 0 Å². The molecule has 2 rings (SSSR count). The molecule has 1 aromatic heterocycles. The molecular formula is C17H22FN3O2. The van der Waals surface area contributed by atoms with E-state index in [0.717, 1.165) is 13.0 Å². The lowest BCUT2D eigenvalue weighted by molar-refractivity contribution is 0.290. The zero-order valence-electron chi connectivity index (χ0n) is 13.4. The van der Waals surface area contributed by atoms with E-state index in [0.29, 0.717) is 34.1 Å². The molecule has 5 nitrogen and oxygen atoms in total. The highest BCUT2D eigenvalue weighted by atomic mass is 19.1. The number of methoxy groups -OCH3 is 1. The number of ether oxygens (including phenoxy) is 2. The maximum absolute atomic E-state index is 13.5. The Morgan fingerprint density at radius 3 is 2.78 bits per heavy atom. The maximum Gasteiger partial charge on any atom is 0.213 e. The van der Waals surface area contributed by atoms with Crippen LogP contribution in [0.2, 0.25) is 0 Å². The molecule has 0 saturated carbocycles. The topological polar surface area (TPSA) is 69.4 Å². The van der Waals surface area contributed by atoms with Gasteiger partial charge >= 0.3 is 0 Å². The van der Waals surface area contributed by atoms with E-state index < -0.39 is 6.67 Å². The molecule has 0 bridgehead atoms. The van der Waals surface area contributed by atoms with Gasteiger partial charge in [0, 0.05) is 29.9 Å². The van der Waals surface area contributed by atoms with Crippen LogP contribution < -0.4 is 20.5 Å². The fraction of sp³-hybridized carbons (Fsp3) is 0.353. The lowest BCUT2D eigenvalue weighted by Gasteiger charge is -2.19. The van der Waals surface area contributed by atoms with Crippen molar-refractivity contribution in [2.24, 2.45) is 0 Å². The summed E-state index contributed by atoms with van der Waals surface area (Å²) in [5.41, 5.74) is 8.18. The maximum atomic E-state index is 13.5. The van der Waals surface area contributed by atoms with Crippen LogP contribution in [0.3, 0.4) is 0 Å². The zero-order chi connectivity index (χ0) is 16.7. The minimum Gasteiger partial charge on any atom is -0.494 e. The van der Waals surface area contributed by atoms with Crippen molar-refractivity contribution in [3.05, 3.63) is 41.6 Å². The van der Waals surface area contributed by atoms with Crippen LogP contribution in [-0.2, 0) is 13.3 Å². The Morgan fingerprint density at radius 2 is 2.17 bits per heavy atom. The number of pyridine rings is 1. The van der Waals surface area contributed by atoms with E-state index >= 15 is 0 Å². The monoisotopic (exact) mass is 319 g/mol. The Kier molecular flexibility index (Phi) is 6.02. The van der Waals surface area contributed by atoms with Crippen molar-refractivity contribution in [1.82, 2.24) is 4.98 Å². The molecule has 1 aromatic carbocycles. The largest absolute Gasteiger partial charge is 0.494 e. The summed E-state index contributed by atoms with van der Waals surface area (Å²) in [6, 6.07) is 7.12. The van der Waals surface area contributed by atoms with Gasteiger partial charge in [-0.05, 0) is 18.6 Å². The van der Waals surface area contributed by atoms with Crippen LogP contribution in [0.1, 0.15) is 24.5 Å². The molecule has 3 N–H and O–H groups in total. The van der Waals surface area contributed by atoms with E-state index in [1.54, 1.807) is 31.5 Å². The van der Waals surface area contributed by atoms with E-state index in [-0.39, 0.29) is 6.61 Å². The molecule has 0 atom stereocenters. The van der Waals surface area contributed by atoms with Crippen LogP contribution in [0.15, 0.2) is 30.5 Å². The minimum absolute atomic E-state index is 0.172. The molecule has 0 spiro atoms. The number of benzene rings is 1. The van der Waals surface area contributed by atoms with Crippen LogP contribution in [0.5, 0.6) is 11.6 Å². The fourth-order valence-electron chi connectivity index (χ4n) is 2.24. The molecule has 0 fully saturated rings. The van der Waals surface area contributed by atoms with E-state index in [2.05, 4.69) is 10.3 Å². The third-order valence-corrected chi connectivity index (χ3v) is 3.45. The highest BCUT2D eigenvalue weighted by Crippen LogP contribution is 2.37. The predicted octanol–water partition coefficient (Wildman–Crippen LogP) is 3.54. The number of alkyl halides is 1. The van der Waals surface area contributed by atoms with Gasteiger partial charge in [-0.1, -0.05) is 13.0 Å². The summed E-state index contributed by atoms with van der Waals surface area (Å²) in [5, 5.41) is 3.19. The van der Waals surface area contributed by atoms with Crippen molar-refractivity contribution in [3.63, 3.8) is 0 Å². The summed E-state index contributed by atoms with van der Waals surface area (Å²) in [6.45, 7) is 2.28. The Balaban J connectivity index is 2.29. The molecule has 23 heavy (non-hydrogen) atoms. The van der Waals surface area contributed by atoms with Gasteiger partial charge in [-0.2, -0.15) is 0 Å². The van der Waals surface area contributed by atoms with Crippen molar-refractivity contribution < 1.29 is 13.9 Å². The van der Waals surface area contributed by atoms with Gasteiger partial charge in [0.25, 0.3) is 0 Å². The Labute approximate surface area is 135 Å². The number of nitrogens with two attached hydrogens (primary N) is 1. The number of rotatable bonds is 8. The van der Waals surface area contributed by atoms with Crippen LogP contribution in [-0.4, -0.2) is 18.6 Å². The Morgan fingerprint density at radius 1 is 1.35 bits per heavy atom. The average Bonchev–Trinajstić information content (AvgIpc) is 2.59. The molecule has 1 heterocycles. The van der Waals surface area contributed by atoms with Gasteiger partial charge < -0.3 is 20.5 Å². The van der Waals surface area contributed by atoms with Crippen LogP contribution in [0.4, 0.5) is 15.8 Å². The first-order valence-electron chi connectivity index (χ1n) is 7.53. The number of aromatic nitrogens is 1. The lowest BCUT2D eigenvalue weighted by Crippen LogP contribution is -2.10. The number of nitrogen functional groups attached to an aromatic ring is 1. The summed E-state index contributed by atoms with van der Waals surface area (Å²) >= 11 is 0. The van der Waals surface area contributed by atoms with E-state index in [1.165, 1.54) is 0 Å². The van der Waals surface area contributed by atoms with Gasteiger partial charge in [0.2, 0.25) is 5.88 Å². The molecule has 2 aromatic rings. The molecular weight excluding hydrogens is 297 g/mol. The third-order valence-electron chi connectivity index (χ3n) is 3.45. The quantitative estimate of drug-likeness (QED) is 0.728. The molecule has 124 valence electrons. The Bertz CT molecular complexity index is 635. The number of nitrogens with one attached hydrogen (secondary N) is 1. The van der Waals surface area contributed by atoms with E-state index in [4.69, 9.17) is 15.2 Å². The molecule has 0 radical (unpaired) electrons. The SMILES string of the molecule is CCCNc1c(OC)cc(COc2ccccn2)c(CF)c1N.